The van der Waals surface area contributed by atoms with Gasteiger partial charge >= 0.3 is 5.97 Å². The molecule has 0 bridgehead atoms. The normalized spacial score (nSPS) is 10.4. The van der Waals surface area contributed by atoms with Gasteiger partial charge in [-0.2, -0.15) is 5.10 Å². The highest BCUT2D eigenvalue weighted by atomic mass is 79.9. The minimum absolute atomic E-state index is 0.0802. The van der Waals surface area contributed by atoms with Crippen LogP contribution >= 0.6 is 27.5 Å². The van der Waals surface area contributed by atoms with E-state index in [-0.39, 0.29) is 10.6 Å². The second-order valence-corrected chi connectivity index (χ2v) is 4.40. The van der Waals surface area contributed by atoms with Gasteiger partial charge in [0.2, 0.25) is 0 Å². The number of nitrogens with zero attached hydrogens (tertiary/aromatic N) is 2. The van der Waals surface area contributed by atoms with Crippen LogP contribution in [-0.4, -0.2) is 20.9 Å². The maximum Gasteiger partial charge on any atom is 0.337 e. The molecular weight excluding hydrogens is 295 g/mol. The molecule has 1 aromatic heterocycles. The molecule has 0 radical (unpaired) electrons. The van der Waals surface area contributed by atoms with Crippen LogP contribution in [0.25, 0.3) is 5.69 Å². The van der Waals surface area contributed by atoms with Gasteiger partial charge < -0.3 is 5.11 Å². The second kappa shape index (κ2) is 4.27. The fraction of sp³-hybridized carbons (Fsp3) is 0. The first kappa shape index (κ1) is 11.2. The Balaban J connectivity index is 2.45. The molecule has 1 aromatic carbocycles. The summed E-state index contributed by atoms with van der Waals surface area (Å²) >= 11 is 9.12. The minimum atomic E-state index is -1.04. The number of hydrogen-bond acceptors (Lipinski definition) is 2. The largest absolute Gasteiger partial charge is 0.478 e. The van der Waals surface area contributed by atoms with Gasteiger partial charge in [-0.1, -0.05) is 11.6 Å². The number of halogens is 2. The monoisotopic (exact) mass is 300 g/mol. The molecule has 1 heterocycles. The summed E-state index contributed by atoms with van der Waals surface area (Å²) in [5, 5.41) is 13.1. The van der Waals surface area contributed by atoms with Gasteiger partial charge in [0.1, 0.15) is 0 Å². The Labute approximate surface area is 105 Å². The van der Waals surface area contributed by atoms with Crippen LogP contribution < -0.4 is 0 Å². The zero-order chi connectivity index (χ0) is 11.7. The average Bonchev–Trinajstić information content (AvgIpc) is 2.64. The highest BCUT2D eigenvalue weighted by molar-refractivity contribution is 9.10. The van der Waals surface area contributed by atoms with E-state index in [2.05, 4.69) is 21.0 Å². The number of benzene rings is 1. The SMILES string of the molecule is O=C(O)c1ccc(-n2cc(Br)cn2)cc1Cl. The number of carboxylic acid groups (broad SMARTS) is 1. The van der Waals surface area contributed by atoms with Gasteiger partial charge in [-0.15, -0.1) is 0 Å². The Morgan fingerprint density at radius 2 is 2.25 bits per heavy atom. The number of carboxylic acids is 1. The van der Waals surface area contributed by atoms with E-state index in [0.717, 1.165) is 4.47 Å². The molecule has 0 saturated heterocycles. The lowest BCUT2D eigenvalue weighted by Crippen LogP contribution is -2.00. The van der Waals surface area contributed by atoms with Gasteiger partial charge in [-0.25, -0.2) is 9.48 Å². The molecule has 0 spiro atoms. The second-order valence-electron chi connectivity index (χ2n) is 3.07. The number of carbonyl (C=O) groups is 1. The first-order valence-electron chi connectivity index (χ1n) is 4.31. The molecule has 0 amide bonds. The summed E-state index contributed by atoms with van der Waals surface area (Å²) in [7, 11) is 0. The van der Waals surface area contributed by atoms with Crippen molar-refractivity contribution in [1.29, 1.82) is 0 Å². The minimum Gasteiger partial charge on any atom is -0.478 e. The van der Waals surface area contributed by atoms with Crippen LogP contribution in [0.2, 0.25) is 5.02 Å². The van der Waals surface area contributed by atoms with E-state index in [1.54, 1.807) is 29.2 Å². The van der Waals surface area contributed by atoms with E-state index < -0.39 is 5.97 Å². The Morgan fingerprint density at radius 3 is 2.75 bits per heavy atom. The smallest absolute Gasteiger partial charge is 0.337 e. The Bertz CT molecular complexity index is 554. The van der Waals surface area contributed by atoms with Gasteiger partial charge in [-0.3, -0.25) is 0 Å². The van der Waals surface area contributed by atoms with Crippen molar-refractivity contribution in [2.75, 3.05) is 0 Å². The summed E-state index contributed by atoms with van der Waals surface area (Å²) in [5.74, 6) is -1.04. The van der Waals surface area contributed by atoms with Crippen LogP contribution in [0.1, 0.15) is 10.4 Å². The van der Waals surface area contributed by atoms with E-state index in [1.165, 1.54) is 6.07 Å². The van der Waals surface area contributed by atoms with Crippen LogP contribution in [0, 0.1) is 0 Å². The number of rotatable bonds is 2. The summed E-state index contributed by atoms with van der Waals surface area (Å²) in [6.45, 7) is 0. The Hall–Kier alpha value is -1.33. The Morgan fingerprint density at radius 1 is 1.50 bits per heavy atom. The molecule has 1 N–H and O–H groups in total. The lowest BCUT2D eigenvalue weighted by molar-refractivity contribution is 0.0697. The molecule has 6 heteroatoms. The third-order valence-electron chi connectivity index (χ3n) is 2.00. The quantitative estimate of drug-likeness (QED) is 0.927. The van der Waals surface area contributed by atoms with E-state index >= 15 is 0 Å². The highest BCUT2D eigenvalue weighted by Crippen LogP contribution is 2.21. The van der Waals surface area contributed by atoms with Crippen molar-refractivity contribution >= 4 is 33.5 Å². The van der Waals surface area contributed by atoms with Crippen LogP contribution in [0.5, 0.6) is 0 Å². The number of aromatic carboxylic acids is 1. The molecule has 0 saturated carbocycles. The lowest BCUT2D eigenvalue weighted by Gasteiger charge is -2.03. The number of hydrogen-bond donors (Lipinski definition) is 1. The van der Waals surface area contributed by atoms with Gasteiger partial charge in [-0.05, 0) is 34.1 Å². The fourth-order valence-corrected chi connectivity index (χ4v) is 1.80. The third-order valence-corrected chi connectivity index (χ3v) is 2.72. The van der Waals surface area contributed by atoms with Gasteiger partial charge in [0.05, 0.1) is 26.9 Å². The van der Waals surface area contributed by atoms with Crippen LogP contribution in [0.15, 0.2) is 35.1 Å². The van der Waals surface area contributed by atoms with Crippen LogP contribution in [0.4, 0.5) is 0 Å². The molecule has 2 rings (SSSR count). The molecular formula is C10H6BrClN2O2. The molecule has 82 valence electrons. The van der Waals surface area contributed by atoms with Crippen molar-refractivity contribution in [3.8, 4) is 5.69 Å². The molecule has 0 fully saturated rings. The van der Waals surface area contributed by atoms with Gasteiger partial charge in [0.15, 0.2) is 0 Å². The summed E-state index contributed by atoms with van der Waals surface area (Å²) in [6.07, 6.45) is 3.39. The maximum absolute atomic E-state index is 10.8. The van der Waals surface area contributed by atoms with Crippen molar-refractivity contribution in [2.24, 2.45) is 0 Å². The maximum atomic E-state index is 10.8. The Kier molecular flexibility index (Phi) is 2.98. The fourth-order valence-electron chi connectivity index (χ4n) is 1.26. The first-order valence-corrected chi connectivity index (χ1v) is 5.48. The molecule has 0 atom stereocenters. The lowest BCUT2D eigenvalue weighted by atomic mass is 10.2. The summed E-state index contributed by atoms with van der Waals surface area (Å²) in [4.78, 5) is 10.8. The van der Waals surface area contributed by atoms with E-state index in [9.17, 15) is 4.79 Å². The highest BCUT2D eigenvalue weighted by Gasteiger charge is 2.09. The molecule has 0 aliphatic heterocycles. The van der Waals surface area contributed by atoms with Crippen molar-refractivity contribution in [1.82, 2.24) is 9.78 Å². The summed E-state index contributed by atoms with van der Waals surface area (Å²) < 4.78 is 2.44. The van der Waals surface area contributed by atoms with E-state index in [4.69, 9.17) is 16.7 Å². The van der Waals surface area contributed by atoms with Crippen molar-refractivity contribution in [3.05, 3.63) is 45.7 Å². The van der Waals surface area contributed by atoms with Crippen molar-refractivity contribution < 1.29 is 9.90 Å². The molecule has 0 aliphatic carbocycles. The molecule has 16 heavy (non-hydrogen) atoms. The predicted octanol–water partition coefficient (Wildman–Crippen LogP) is 2.99. The zero-order valence-corrected chi connectivity index (χ0v) is 10.2. The van der Waals surface area contributed by atoms with Crippen molar-refractivity contribution in [2.45, 2.75) is 0 Å². The van der Waals surface area contributed by atoms with Crippen molar-refractivity contribution in [3.63, 3.8) is 0 Å². The molecule has 2 aromatic rings. The van der Waals surface area contributed by atoms with Crippen LogP contribution in [0.3, 0.4) is 0 Å². The molecule has 0 aliphatic rings. The van der Waals surface area contributed by atoms with E-state index in [1.807, 2.05) is 0 Å². The van der Waals surface area contributed by atoms with Crippen LogP contribution in [-0.2, 0) is 0 Å². The van der Waals surface area contributed by atoms with E-state index in [0.29, 0.717) is 5.69 Å². The predicted molar refractivity (Wildman–Crippen MR) is 63.2 cm³/mol. The first-order chi connectivity index (χ1) is 7.58. The topological polar surface area (TPSA) is 55.1 Å². The standard InChI is InChI=1S/C10H6BrClN2O2/c11-6-4-13-14(5-6)7-1-2-8(10(15)16)9(12)3-7/h1-5H,(H,15,16). The summed E-state index contributed by atoms with van der Waals surface area (Å²) in [5.41, 5.74) is 0.789. The third kappa shape index (κ3) is 2.10. The van der Waals surface area contributed by atoms with Gasteiger partial charge in [0.25, 0.3) is 0 Å². The zero-order valence-electron chi connectivity index (χ0n) is 7.89. The van der Waals surface area contributed by atoms with Gasteiger partial charge in [0, 0.05) is 6.20 Å². The number of aromatic nitrogens is 2. The molecule has 4 nitrogen and oxygen atoms in total. The molecule has 0 unspecified atom stereocenters. The summed E-state index contributed by atoms with van der Waals surface area (Å²) in [6, 6.07) is 4.66. The average molecular weight is 302 g/mol.